The quantitative estimate of drug-likeness (QED) is 0.0458. The summed E-state index contributed by atoms with van der Waals surface area (Å²) in [4.78, 5) is 40.9. The zero-order chi connectivity index (χ0) is 57.0. The van der Waals surface area contributed by atoms with Crippen molar-refractivity contribution < 1.29 is 58.1 Å². The number of nitro groups is 2. The monoisotopic (exact) mass is 1110 g/mol. The van der Waals surface area contributed by atoms with Crippen LogP contribution < -0.4 is 34.7 Å². The molecule has 4 aliphatic rings. The van der Waals surface area contributed by atoms with Crippen LogP contribution in [0, 0.1) is 43.9 Å². The largest absolute Gasteiger partial charge is 0.504 e. The zero-order valence-electron chi connectivity index (χ0n) is 46.4. The Kier molecular flexibility index (Phi) is 30.7. The van der Waals surface area contributed by atoms with Crippen molar-refractivity contribution in [1.82, 2.24) is 5.32 Å². The molecule has 428 valence electrons. The van der Waals surface area contributed by atoms with Crippen molar-refractivity contribution in [1.29, 1.82) is 0 Å². The Bertz CT molecular complexity index is 2170. The van der Waals surface area contributed by atoms with Crippen molar-refractivity contribution in [3.8, 4) is 34.5 Å². The van der Waals surface area contributed by atoms with Crippen LogP contribution in [0.3, 0.4) is 0 Å². The summed E-state index contributed by atoms with van der Waals surface area (Å²) in [6, 6.07) is 13.9. The van der Waals surface area contributed by atoms with Crippen LogP contribution in [0.2, 0.25) is 0 Å². The number of hydrogen-bond donors (Lipinski definition) is 4. The van der Waals surface area contributed by atoms with E-state index in [0.29, 0.717) is 29.3 Å². The van der Waals surface area contributed by atoms with Crippen LogP contribution in [0.1, 0.15) is 151 Å². The number of hydrogen-bond acceptors (Lipinski definition) is 15. The van der Waals surface area contributed by atoms with Crippen LogP contribution in [-0.4, -0.2) is 88.6 Å². The summed E-state index contributed by atoms with van der Waals surface area (Å²) in [5.74, 6) is 5.68. The minimum atomic E-state index is -0.584. The number of benzene rings is 3. The summed E-state index contributed by atoms with van der Waals surface area (Å²) in [7, 11) is 4.57. The van der Waals surface area contributed by atoms with Crippen molar-refractivity contribution >= 4 is 51.6 Å². The van der Waals surface area contributed by atoms with Crippen molar-refractivity contribution in [3.05, 3.63) is 74.8 Å². The molecule has 20 heteroatoms. The fourth-order valence-electron chi connectivity index (χ4n) is 8.62. The highest BCUT2D eigenvalue weighted by atomic mass is 35.5. The lowest BCUT2D eigenvalue weighted by atomic mass is 9.87. The second-order valence-electron chi connectivity index (χ2n) is 21.1. The fourth-order valence-corrected chi connectivity index (χ4v) is 8.62. The molecule has 4 saturated carbocycles. The fraction of sp³-hybridized carbons (Fsp3) is 0.643. The molecule has 3 aromatic rings. The van der Waals surface area contributed by atoms with E-state index in [9.17, 15) is 29.8 Å². The highest BCUT2D eigenvalue weighted by Gasteiger charge is 2.25. The van der Waals surface area contributed by atoms with E-state index in [1.165, 1.54) is 77.0 Å². The van der Waals surface area contributed by atoms with Crippen LogP contribution in [0.15, 0.2) is 54.6 Å². The number of alkyl carbamates (subject to hydrolysis) is 1. The molecule has 0 aliphatic heterocycles. The van der Waals surface area contributed by atoms with E-state index in [1.807, 2.05) is 39.0 Å². The number of nitrogens with zero attached hydrogens (tertiary/aromatic N) is 2. The van der Waals surface area contributed by atoms with Crippen molar-refractivity contribution in [2.75, 3.05) is 32.9 Å². The van der Waals surface area contributed by atoms with E-state index in [2.05, 4.69) is 33.0 Å². The van der Waals surface area contributed by atoms with E-state index in [4.69, 9.17) is 67.6 Å². The molecule has 4 aliphatic carbocycles. The van der Waals surface area contributed by atoms with Gasteiger partial charge in [0.2, 0.25) is 5.24 Å². The van der Waals surface area contributed by atoms with E-state index >= 15 is 0 Å². The number of aliphatic hydroxyl groups is 1. The number of phenolic OH excluding ortho intramolecular Hbond substituents is 1. The first-order valence-electron chi connectivity index (χ1n) is 26.4. The Hall–Kier alpha value is -5.46. The first-order chi connectivity index (χ1) is 35.9. The van der Waals surface area contributed by atoms with E-state index in [0.717, 1.165) is 105 Å². The van der Waals surface area contributed by atoms with Gasteiger partial charge in [-0.3, -0.25) is 25.0 Å². The normalized spacial score (nSPS) is 22.7. The number of nitro benzene ring substituents is 2. The van der Waals surface area contributed by atoms with Crippen LogP contribution in [0.5, 0.6) is 34.5 Å². The average molecular weight is 1110 g/mol. The lowest BCUT2D eigenvalue weighted by molar-refractivity contribution is -0.385. The van der Waals surface area contributed by atoms with Gasteiger partial charge in [-0.25, -0.2) is 4.79 Å². The third-order valence-corrected chi connectivity index (χ3v) is 13.8. The minimum absolute atomic E-state index is 0.0196. The van der Waals surface area contributed by atoms with E-state index in [1.54, 1.807) is 13.2 Å². The minimum Gasteiger partial charge on any atom is -0.504 e. The molecule has 7 rings (SSSR count). The molecule has 0 atom stereocenters. The number of nitrogens with two attached hydrogens (primary N) is 1. The number of phenols is 1. The van der Waals surface area contributed by atoms with Gasteiger partial charge in [-0.2, -0.15) is 0 Å². The highest BCUT2D eigenvalue weighted by Crippen LogP contribution is 2.36. The SMILES string of the molecule is CC1CCC(NC(=O)OC(C)(C)C)CC1.CC1CCC(O)CC1.COc1ccc(N)cc1OC1CCC(C)CC1.COc1ccc([N+](=O)[O-])cc1O.COc1ccc([N+](=O)[O-])cc1OC1CCC(C)CC1.O=C(Cl)CCl. The number of halogens is 2. The number of aliphatic hydroxyl groups excluding tert-OH is 1. The number of aromatic hydroxyl groups is 1. The average Bonchev–Trinajstić information content (AvgIpc) is 3.37. The molecular formula is C56H86Cl2N4O14. The van der Waals surface area contributed by atoms with Gasteiger partial charge in [-0.15, -0.1) is 11.6 Å². The molecule has 0 saturated heterocycles. The Labute approximate surface area is 460 Å². The van der Waals surface area contributed by atoms with Gasteiger partial charge in [-0.1, -0.05) is 27.7 Å². The molecule has 0 bridgehead atoms. The summed E-state index contributed by atoms with van der Waals surface area (Å²) in [5, 5.41) is 41.6. The summed E-state index contributed by atoms with van der Waals surface area (Å²) in [5.41, 5.74) is 5.96. The van der Waals surface area contributed by atoms with E-state index < -0.39 is 20.7 Å². The van der Waals surface area contributed by atoms with Gasteiger partial charge in [0.05, 0.1) is 67.5 Å². The second-order valence-corrected chi connectivity index (χ2v) is 21.8. The molecule has 1 amide bonds. The molecule has 0 spiro atoms. The molecule has 18 nitrogen and oxygen atoms in total. The number of rotatable bonds is 11. The van der Waals surface area contributed by atoms with Gasteiger partial charge in [0, 0.05) is 29.9 Å². The summed E-state index contributed by atoms with van der Waals surface area (Å²) >= 11 is 9.55. The maximum Gasteiger partial charge on any atom is 0.407 e. The number of carbonyl (C=O) groups is 2. The number of carbonyl (C=O) groups excluding carboxylic acids is 2. The molecule has 3 aromatic carbocycles. The molecular weight excluding hydrogens is 1020 g/mol. The maximum atomic E-state index is 11.5. The lowest BCUT2D eigenvalue weighted by Gasteiger charge is -2.28. The molecule has 5 N–H and O–H groups in total. The topological polar surface area (TPSA) is 254 Å². The number of nitrogens with one attached hydrogen (secondary N) is 1. The standard InChI is InChI=1S/C14H19NO4.C14H21NO2.C12H23NO2.C7H7NO4.C7H14O.C2H2Cl2O/c1-10-3-6-12(7-4-10)19-14-9-11(15(16)17)5-8-13(14)18-2;1-10-3-6-12(7-4-10)17-14-9-11(15)5-8-13(14)16-2;1-9-5-7-10(8-6-9)13-11(14)15-12(2,3)4;1-12-7-3-2-5(8(10)11)4-6(7)9;1-6-2-4-7(8)5-3-6;3-1-2(4)5/h5,8-10,12H,3-4,6-7H2,1-2H3;5,8-10,12H,3-4,6-7,15H2,1-2H3;9-10H,5-8H2,1-4H3,(H,13,14);2-4,9H,1H3;6-8H,2-5H2,1H3;1H2. The molecule has 76 heavy (non-hydrogen) atoms. The third kappa shape index (κ3) is 27.5. The lowest BCUT2D eigenvalue weighted by Crippen LogP contribution is -2.40. The molecule has 0 aromatic heterocycles. The number of methoxy groups -OCH3 is 3. The van der Waals surface area contributed by atoms with Crippen LogP contribution >= 0.6 is 23.2 Å². The van der Waals surface area contributed by atoms with Gasteiger partial charge >= 0.3 is 6.09 Å². The Balaban J connectivity index is 0.000000324. The van der Waals surface area contributed by atoms with Crippen LogP contribution in [-0.2, 0) is 9.53 Å². The van der Waals surface area contributed by atoms with Gasteiger partial charge in [-0.05, 0) is 183 Å². The van der Waals surface area contributed by atoms with Crippen LogP contribution in [0.4, 0.5) is 21.9 Å². The number of ether oxygens (including phenoxy) is 6. The molecule has 0 unspecified atom stereocenters. The number of amides is 1. The summed E-state index contributed by atoms with van der Waals surface area (Å²) in [6.07, 6.45) is 18.3. The number of non-ortho nitro benzene ring substituents is 2. The Morgan fingerprint density at radius 1 is 0.618 bits per heavy atom. The second kappa shape index (κ2) is 35.1. The molecule has 0 radical (unpaired) electrons. The maximum absolute atomic E-state index is 11.5. The number of nitrogen functional groups attached to an aromatic ring is 1. The number of anilines is 1. The van der Waals surface area contributed by atoms with Gasteiger partial charge in [0.25, 0.3) is 11.4 Å². The van der Waals surface area contributed by atoms with Gasteiger partial charge in [0.15, 0.2) is 34.5 Å². The first kappa shape index (κ1) is 66.7. The third-order valence-electron chi connectivity index (χ3n) is 13.3. The number of alkyl halides is 1. The van der Waals surface area contributed by atoms with Crippen molar-refractivity contribution in [2.24, 2.45) is 23.7 Å². The van der Waals surface area contributed by atoms with Gasteiger partial charge < -0.3 is 49.7 Å². The predicted octanol–water partition coefficient (Wildman–Crippen LogP) is 13.7. The Morgan fingerprint density at radius 2 is 0.987 bits per heavy atom. The van der Waals surface area contributed by atoms with E-state index in [-0.39, 0.29) is 47.1 Å². The van der Waals surface area contributed by atoms with Crippen LogP contribution in [0.25, 0.3) is 0 Å². The first-order valence-corrected chi connectivity index (χ1v) is 27.3. The summed E-state index contributed by atoms with van der Waals surface area (Å²) < 4.78 is 32.3. The molecule has 4 fully saturated rings. The summed E-state index contributed by atoms with van der Waals surface area (Å²) in [6.45, 7) is 14.7. The van der Waals surface area contributed by atoms with Crippen molar-refractivity contribution in [3.63, 3.8) is 0 Å². The molecule has 0 heterocycles. The van der Waals surface area contributed by atoms with Gasteiger partial charge in [0.1, 0.15) is 5.60 Å². The van der Waals surface area contributed by atoms with Crippen molar-refractivity contribution in [2.45, 2.75) is 181 Å². The Morgan fingerprint density at radius 3 is 1.36 bits per heavy atom. The smallest absolute Gasteiger partial charge is 0.407 e. The highest BCUT2D eigenvalue weighted by molar-refractivity contribution is 6.67. The zero-order valence-corrected chi connectivity index (χ0v) is 47.9. The predicted molar refractivity (Wildman–Crippen MR) is 298 cm³/mol.